The number of halogens is 2. The van der Waals surface area contributed by atoms with Crippen molar-refractivity contribution >= 4 is 50.9 Å². The molecule has 0 saturated heterocycles. The highest BCUT2D eigenvalue weighted by Crippen LogP contribution is 2.41. The van der Waals surface area contributed by atoms with Gasteiger partial charge < -0.3 is 23.7 Å². The van der Waals surface area contributed by atoms with Crippen LogP contribution in [0.2, 0.25) is 5.02 Å². The molecule has 3 aromatic rings. The summed E-state index contributed by atoms with van der Waals surface area (Å²) in [5, 5.41) is 0.354. The van der Waals surface area contributed by atoms with E-state index in [2.05, 4.69) is 20.9 Å². The van der Waals surface area contributed by atoms with Crippen molar-refractivity contribution in [2.24, 2.45) is 4.99 Å². The molecule has 0 amide bonds. The Morgan fingerprint density at radius 3 is 2.38 bits per heavy atom. The number of benzene rings is 2. The molecule has 0 N–H and O–H groups in total. The second-order valence-electron chi connectivity index (χ2n) is 8.50. The molecular weight excluding hydrogens is 624 g/mol. The minimum Gasteiger partial charge on any atom is -0.493 e. The number of fused-ring (bicyclic) bond motifs is 1. The molecule has 0 radical (unpaired) electrons. The van der Waals surface area contributed by atoms with Crippen LogP contribution in [0.5, 0.6) is 23.0 Å². The minimum atomic E-state index is -0.843. The van der Waals surface area contributed by atoms with Gasteiger partial charge in [0.05, 0.1) is 61.4 Å². The molecular formula is C28H28BrClN2O7S. The second kappa shape index (κ2) is 12.5. The van der Waals surface area contributed by atoms with Crippen molar-refractivity contribution in [3.05, 3.63) is 75.8 Å². The average molecular weight is 652 g/mol. The Hall–Kier alpha value is -3.28. The third-order valence-electron chi connectivity index (χ3n) is 6.15. The van der Waals surface area contributed by atoms with E-state index in [0.29, 0.717) is 65.3 Å². The minimum absolute atomic E-state index is 0.167. The number of hydrogen-bond acceptors (Lipinski definition) is 9. The van der Waals surface area contributed by atoms with Gasteiger partial charge in [0.25, 0.3) is 5.56 Å². The number of thiazole rings is 1. The molecule has 0 bridgehead atoms. The van der Waals surface area contributed by atoms with Gasteiger partial charge in [0.1, 0.15) is 0 Å². The highest BCUT2D eigenvalue weighted by Gasteiger charge is 2.35. The van der Waals surface area contributed by atoms with Gasteiger partial charge in [0.2, 0.25) is 0 Å². The number of aromatic nitrogens is 1. The third-order valence-corrected chi connectivity index (χ3v) is 8.10. The zero-order chi connectivity index (χ0) is 29.1. The van der Waals surface area contributed by atoms with E-state index in [0.717, 1.165) is 0 Å². The van der Waals surface area contributed by atoms with Crippen LogP contribution in [0.1, 0.15) is 37.9 Å². The molecule has 40 heavy (non-hydrogen) atoms. The number of ether oxygens (including phenoxy) is 5. The molecule has 0 unspecified atom stereocenters. The first-order valence-corrected chi connectivity index (χ1v) is 14.3. The van der Waals surface area contributed by atoms with Gasteiger partial charge in [-0.05, 0) is 62.2 Å². The van der Waals surface area contributed by atoms with E-state index in [4.69, 9.17) is 35.3 Å². The number of hydrogen-bond donors (Lipinski definition) is 0. The maximum atomic E-state index is 14.0. The van der Waals surface area contributed by atoms with E-state index in [9.17, 15) is 9.59 Å². The van der Waals surface area contributed by atoms with Crippen LogP contribution in [0.15, 0.2) is 49.8 Å². The van der Waals surface area contributed by atoms with Gasteiger partial charge in [0.15, 0.2) is 27.8 Å². The van der Waals surface area contributed by atoms with Gasteiger partial charge in [-0.25, -0.2) is 9.79 Å². The van der Waals surface area contributed by atoms with E-state index < -0.39 is 12.0 Å². The molecule has 4 rings (SSSR count). The van der Waals surface area contributed by atoms with Crippen molar-refractivity contribution < 1.29 is 28.5 Å². The predicted molar refractivity (Wildman–Crippen MR) is 157 cm³/mol. The van der Waals surface area contributed by atoms with Gasteiger partial charge >= 0.3 is 5.97 Å². The van der Waals surface area contributed by atoms with Gasteiger partial charge in [-0.15, -0.1) is 0 Å². The Bertz CT molecular complexity index is 1680. The highest BCUT2D eigenvalue weighted by atomic mass is 79.9. The average Bonchev–Trinajstić information content (AvgIpc) is 3.23. The number of allylic oxidation sites excluding steroid dienone is 1. The summed E-state index contributed by atoms with van der Waals surface area (Å²) >= 11 is 11.3. The van der Waals surface area contributed by atoms with Crippen molar-refractivity contribution in [3.8, 4) is 23.0 Å². The summed E-state index contributed by atoms with van der Waals surface area (Å²) in [6, 6.07) is 6.07. The first-order valence-electron chi connectivity index (χ1n) is 12.3. The number of esters is 1. The zero-order valence-electron chi connectivity index (χ0n) is 22.8. The highest BCUT2D eigenvalue weighted by molar-refractivity contribution is 9.10. The molecule has 9 nitrogen and oxygen atoms in total. The fourth-order valence-electron chi connectivity index (χ4n) is 4.42. The van der Waals surface area contributed by atoms with Gasteiger partial charge in [-0.1, -0.05) is 38.9 Å². The number of methoxy groups -OCH3 is 3. The Balaban J connectivity index is 1.98. The molecule has 212 valence electrons. The predicted octanol–water partition coefficient (Wildman–Crippen LogP) is 4.64. The Kier molecular flexibility index (Phi) is 9.27. The molecule has 0 aliphatic carbocycles. The number of rotatable bonds is 9. The third kappa shape index (κ3) is 5.50. The molecule has 1 aliphatic rings. The molecule has 12 heteroatoms. The SMILES string of the molecule is CCOC(=O)C1=C(C)N=c2s/c(=C\c3cc(Cl)c(OCC)c(OC)c3)c(=O)n2[C@H]1c1cc(OC)c(OC)cc1Br. The van der Waals surface area contributed by atoms with Gasteiger partial charge in [-0.3, -0.25) is 9.36 Å². The van der Waals surface area contributed by atoms with Crippen LogP contribution in [0, 0.1) is 0 Å². The first-order chi connectivity index (χ1) is 19.2. The summed E-state index contributed by atoms with van der Waals surface area (Å²) in [4.78, 5) is 32.3. The molecule has 0 saturated carbocycles. The lowest BCUT2D eigenvalue weighted by Crippen LogP contribution is -2.40. The van der Waals surface area contributed by atoms with E-state index in [1.165, 1.54) is 37.2 Å². The lowest BCUT2D eigenvalue weighted by atomic mass is 9.95. The maximum absolute atomic E-state index is 14.0. The number of carbonyl (C=O) groups excluding carboxylic acids is 1. The molecule has 2 heterocycles. The van der Waals surface area contributed by atoms with Crippen molar-refractivity contribution in [2.45, 2.75) is 26.8 Å². The normalized spacial score (nSPS) is 14.9. The first kappa shape index (κ1) is 29.7. The fourth-order valence-corrected chi connectivity index (χ4v) is 6.28. The van der Waals surface area contributed by atoms with Crippen LogP contribution < -0.4 is 33.8 Å². The summed E-state index contributed by atoms with van der Waals surface area (Å²) in [5.74, 6) is 1.24. The summed E-state index contributed by atoms with van der Waals surface area (Å²) in [5.41, 5.74) is 1.60. The van der Waals surface area contributed by atoms with Crippen LogP contribution in [-0.4, -0.2) is 45.1 Å². The van der Waals surface area contributed by atoms with Crippen molar-refractivity contribution in [1.82, 2.24) is 4.57 Å². The Morgan fingerprint density at radius 1 is 1.07 bits per heavy atom. The topological polar surface area (TPSA) is 97.6 Å². The lowest BCUT2D eigenvalue weighted by molar-refractivity contribution is -0.139. The Morgan fingerprint density at radius 2 is 1.75 bits per heavy atom. The van der Waals surface area contributed by atoms with Crippen LogP contribution in [0.25, 0.3) is 6.08 Å². The summed E-state index contributed by atoms with van der Waals surface area (Å²) < 4.78 is 29.9. The molecule has 2 aromatic carbocycles. The molecule has 0 spiro atoms. The monoisotopic (exact) mass is 650 g/mol. The molecule has 1 atom stereocenters. The van der Waals surface area contributed by atoms with E-state index >= 15 is 0 Å². The Labute approximate surface area is 248 Å². The van der Waals surface area contributed by atoms with Gasteiger partial charge in [0, 0.05) is 4.47 Å². The summed E-state index contributed by atoms with van der Waals surface area (Å²) in [6.07, 6.45) is 1.71. The van der Waals surface area contributed by atoms with E-state index in [-0.39, 0.29) is 17.7 Å². The molecule has 1 aliphatic heterocycles. The number of nitrogens with zero attached hydrogens (tertiary/aromatic N) is 2. The largest absolute Gasteiger partial charge is 0.493 e. The maximum Gasteiger partial charge on any atom is 0.338 e. The molecule has 0 fully saturated rings. The number of carbonyl (C=O) groups is 1. The van der Waals surface area contributed by atoms with E-state index in [1.807, 2.05) is 6.92 Å². The van der Waals surface area contributed by atoms with Crippen molar-refractivity contribution in [3.63, 3.8) is 0 Å². The standard InChI is InChI=1S/C28H28BrClN2O7S/c1-7-38-25-18(30)9-15(10-21(25)37-6)11-22-26(33)32-24(16-12-19(35-4)20(36-5)13-17(16)29)23(27(34)39-8-2)14(3)31-28(32)40-22/h9-13,24H,7-8H2,1-6H3/b22-11-/t24-/m0/s1. The zero-order valence-corrected chi connectivity index (χ0v) is 26.0. The van der Waals surface area contributed by atoms with Crippen LogP contribution in [0.4, 0.5) is 0 Å². The smallest absolute Gasteiger partial charge is 0.338 e. The summed E-state index contributed by atoms with van der Waals surface area (Å²) in [7, 11) is 4.57. The van der Waals surface area contributed by atoms with Crippen LogP contribution in [0.3, 0.4) is 0 Å². The quantitative estimate of drug-likeness (QED) is 0.311. The lowest BCUT2D eigenvalue weighted by Gasteiger charge is -2.26. The van der Waals surface area contributed by atoms with E-state index in [1.54, 1.807) is 44.2 Å². The van der Waals surface area contributed by atoms with Crippen molar-refractivity contribution in [2.75, 3.05) is 34.5 Å². The van der Waals surface area contributed by atoms with Crippen LogP contribution >= 0.6 is 38.9 Å². The fraction of sp³-hybridized carbons (Fsp3) is 0.321. The van der Waals surface area contributed by atoms with Crippen LogP contribution in [-0.2, 0) is 9.53 Å². The molecule has 1 aromatic heterocycles. The van der Waals surface area contributed by atoms with Gasteiger partial charge in [-0.2, -0.15) is 0 Å². The van der Waals surface area contributed by atoms with Crippen molar-refractivity contribution in [1.29, 1.82) is 0 Å². The summed E-state index contributed by atoms with van der Waals surface area (Å²) in [6.45, 7) is 5.88. The second-order valence-corrected chi connectivity index (χ2v) is 10.8.